The summed E-state index contributed by atoms with van der Waals surface area (Å²) in [5.41, 5.74) is 3.79. The molecule has 1 unspecified atom stereocenters. The van der Waals surface area contributed by atoms with E-state index in [4.69, 9.17) is 11.6 Å². The first-order valence-electron chi connectivity index (χ1n) is 10.6. The third-order valence-electron chi connectivity index (χ3n) is 5.55. The summed E-state index contributed by atoms with van der Waals surface area (Å²) < 4.78 is 1.90. The highest BCUT2D eigenvalue weighted by Crippen LogP contribution is 2.31. The number of hydrogen-bond donors (Lipinski definition) is 2. The van der Waals surface area contributed by atoms with E-state index in [2.05, 4.69) is 27.3 Å². The maximum absolute atomic E-state index is 12.3. The normalized spacial score (nSPS) is 15.8. The molecule has 4 rings (SSSR count). The molecular weight excluding hydrogens is 460 g/mol. The summed E-state index contributed by atoms with van der Waals surface area (Å²) in [4.78, 5) is 30.6. The number of aryl methyl sites for hydroxylation is 1. The van der Waals surface area contributed by atoms with Gasteiger partial charge >= 0.3 is 0 Å². The number of hydrogen-bond acceptors (Lipinski definition) is 6. The Morgan fingerprint density at radius 3 is 2.97 bits per heavy atom. The molecule has 3 heterocycles. The molecule has 0 bridgehead atoms. The van der Waals surface area contributed by atoms with Crippen LogP contribution >= 0.6 is 22.9 Å². The number of piperidine rings is 1. The van der Waals surface area contributed by atoms with Crippen LogP contribution < -0.4 is 10.6 Å². The quantitative estimate of drug-likeness (QED) is 0.473. The van der Waals surface area contributed by atoms with Gasteiger partial charge in [0.2, 0.25) is 5.91 Å². The zero-order valence-corrected chi connectivity index (χ0v) is 19.8. The zero-order chi connectivity index (χ0) is 23.4. The summed E-state index contributed by atoms with van der Waals surface area (Å²) in [6, 6.07) is 5.57. The Morgan fingerprint density at radius 2 is 2.24 bits per heavy atom. The molecule has 1 aliphatic rings. The van der Waals surface area contributed by atoms with Crippen LogP contribution in [0.1, 0.15) is 28.1 Å². The van der Waals surface area contributed by atoms with Gasteiger partial charge < -0.3 is 15.5 Å². The first kappa shape index (κ1) is 23.0. The van der Waals surface area contributed by atoms with Gasteiger partial charge in [-0.1, -0.05) is 18.2 Å². The van der Waals surface area contributed by atoms with Gasteiger partial charge in [-0.05, 0) is 49.5 Å². The molecule has 1 saturated heterocycles. The lowest BCUT2D eigenvalue weighted by Crippen LogP contribution is -2.40. The van der Waals surface area contributed by atoms with E-state index in [1.54, 1.807) is 11.6 Å². The predicted octanol–water partition coefficient (Wildman–Crippen LogP) is 4.72. The summed E-state index contributed by atoms with van der Waals surface area (Å²) in [5, 5.41) is 11.2. The predicted molar refractivity (Wildman–Crippen MR) is 131 cm³/mol. The molecule has 10 heteroatoms. The van der Waals surface area contributed by atoms with Crippen LogP contribution in [-0.4, -0.2) is 44.6 Å². The number of nitrogens with one attached hydrogen (secondary N) is 2. The molecule has 2 amide bonds. The molecule has 172 valence electrons. The van der Waals surface area contributed by atoms with E-state index in [1.807, 2.05) is 34.8 Å². The lowest BCUT2D eigenvalue weighted by Gasteiger charge is -2.32. The van der Waals surface area contributed by atoms with Gasteiger partial charge in [0.15, 0.2) is 5.82 Å². The van der Waals surface area contributed by atoms with Gasteiger partial charge in [-0.25, -0.2) is 0 Å². The van der Waals surface area contributed by atoms with E-state index in [1.165, 1.54) is 23.6 Å². The maximum atomic E-state index is 12.3. The van der Waals surface area contributed by atoms with Gasteiger partial charge in [0.1, 0.15) is 4.88 Å². The van der Waals surface area contributed by atoms with Crippen LogP contribution in [-0.2, 0) is 11.3 Å². The minimum atomic E-state index is -0.238. The average Bonchev–Trinajstić information content (AvgIpc) is 3.48. The number of halogens is 1. The Balaban J connectivity index is 1.39. The molecular formula is C23H25ClN6O2S. The van der Waals surface area contributed by atoms with Crippen molar-refractivity contribution in [3.63, 3.8) is 0 Å². The molecule has 1 aliphatic heterocycles. The summed E-state index contributed by atoms with van der Waals surface area (Å²) in [6.07, 6.45) is 6.88. The van der Waals surface area contributed by atoms with Gasteiger partial charge in [-0.2, -0.15) is 5.10 Å². The molecule has 1 fully saturated rings. The highest BCUT2D eigenvalue weighted by Gasteiger charge is 2.23. The van der Waals surface area contributed by atoms with E-state index in [9.17, 15) is 9.59 Å². The van der Waals surface area contributed by atoms with Gasteiger partial charge in [0, 0.05) is 37.6 Å². The van der Waals surface area contributed by atoms with Crippen molar-refractivity contribution in [3.8, 4) is 0 Å². The van der Waals surface area contributed by atoms with Gasteiger partial charge in [-0.3, -0.25) is 19.3 Å². The van der Waals surface area contributed by atoms with Crippen molar-refractivity contribution in [2.24, 2.45) is 5.92 Å². The average molecular weight is 485 g/mol. The highest BCUT2D eigenvalue weighted by atomic mass is 35.5. The van der Waals surface area contributed by atoms with Gasteiger partial charge in [0.05, 0.1) is 22.4 Å². The van der Waals surface area contributed by atoms with E-state index in [0.717, 1.165) is 43.7 Å². The van der Waals surface area contributed by atoms with Crippen molar-refractivity contribution >= 4 is 51.9 Å². The number of carbonyl (C=O) groups is 2. The van der Waals surface area contributed by atoms with Crippen molar-refractivity contribution in [3.05, 3.63) is 64.2 Å². The number of amides is 2. The summed E-state index contributed by atoms with van der Waals surface area (Å²) in [5.74, 6) is 0.801. The van der Waals surface area contributed by atoms with E-state index >= 15 is 0 Å². The number of anilines is 3. The minimum Gasteiger partial charge on any atom is -0.339 e. The molecule has 0 spiro atoms. The van der Waals surface area contributed by atoms with Crippen LogP contribution in [0.15, 0.2) is 48.8 Å². The number of thiazole rings is 1. The fourth-order valence-electron chi connectivity index (χ4n) is 3.96. The molecule has 1 atom stereocenters. The van der Waals surface area contributed by atoms with Crippen LogP contribution in [0.2, 0.25) is 5.02 Å². The second kappa shape index (κ2) is 10.2. The third kappa shape index (κ3) is 5.61. The highest BCUT2D eigenvalue weighted by molar-refractivity contribution is 7.11. The monoisotopic (exact) mass is 484 g/mol. The van der Waals surface area contributed by atoms with E-state index < -0.39 is 0 Å². The number of nitrogens with zero attached hydrogens (tertiary/aromatic N) is 4. The maximum Gasteiger partial charge on any atom is 0.267 e. The van der Waals surface area contributed by atoms with Crippen LogP contribution in [0, 0.1) is 12.8 Å². The molecule has 1 aromatic carbocycles. The van der Waals surface area contributed by atoms with Gasteiger partial charge in [0.25, 0.3) is 5.91 Å². The second-order valence-corrected chi connectivity index (χ2v) is 9.31. The Bertz CT molecular complexity index is 1140. The van der Waals surface area contributed by atoms with Crippen molar-refractivity contribution in [1.82, 2.24) is 19.7 Å². The van der Waals surface area contributed by atoms with Crippen molar-refractivity contribution in [2.75, 3.05) is 23.7 Å². The first-order valence-corrected chi connectivity index (χ1v) is 11.9. The van der Waals surface area contributed by atoms with Crippen LogP contribution in [0.5, 0.6) is 0 Å². The fraction of sp³-hybridized carbons (Fsp3) is 0.304. The molecule has 3 aromatic rings. The molecule has 0 radical (unpaired) electrons. The van der Waals surface area contributed by atoms with Gasteiger partial charge in [-0.15, -0.1) is 11.3 Å². The number of carbonyl (C=O) groups excluding carboxylic acids is 2. The minimum absolute atomic E-state index is 0.0125. The lowest BCUT2D eigenvalue weighted by molar-refractivity contribution is -0.127. The van der Waals surface area contributed by atoms with Crippen molar-refractivity contribution in [2.45, 2.75) is 26.3 Å². The third-order valence-corrected chi connectivity index (χ3v) is 6.62. The number of likely N-dealkylation sites (tertiary alicyclic amines) is 1. The fourth-order valence-corrected chi connectivity index (χ4v) is 4.79. The lowest BCUT2D eigenvalue weighted by atomic mass is 9.98. The molecule has 0 saturated carbocycles. The van der Waals surface area contributed by atoms with E-state index in [0.29, 0.717) is 27.3 Å². The molecule has 8 nitrogen and oxygen atoms in total. The van der Waals surface area contributed by atoms with Crippen molar-refractivity contribution < 1.29 is 9.59 Å². The SMILES string of the molecule is C=CC(=O)N1CCCC(Cn2ccc(Nc3cc(C)c(NC(=O)c4cncs4)c(Cl)c3)n2)C1. The summed E-state index contributed by atoms with van der Waals surface area (Å²) in [7, 11) is 0. The second-order valence-electron chi connectivity index (χ2n) is 8.01. The number of rotatable bonds is 7. The summed E-state index contributed by atoms with van der Waals surface area (Å²) in [6.45, 7) is 7.71. The number of aromatic nitrogens is 3. The first-order chi connectivity index (χ1) is 15.9. The Morgan fingerprint density at radius 1 is 1.39 bits per heavy atom. The zero-order valence-electron chi connectivity index (χ0n) is 18.3. The van der Waals surface area contributed by atoms with E-state index in [-0.39, 0.29) is 11.8 Å². The molecule has 2 N–H and O–H groups in total. The van der Waals surface area contributed by atoms with Crippen LogP contribution in [0.4, 0.5) is 17.2 Å². The standard InChI is InChI=1S/C23H25ClN6O2S/c1-3-21(31)29-7-4-5-16(12-29)13-30-8-6-20(28-30)26-17-9-15(2)22(18(24)10-17)27-23(32)19-11-25-14-33-19/h3,6,8-11,14,16H,1,4-5,7,12-13H2,2H3,(H,26,28)(H,27,32). The molecule has 2 aromatic heterocycles. The summed E-state index contributed by atoms with van der Waals surface area (Å²) >= 11 is 7.73. The number of benzene rings is 1. The molecule has 33 heavy (non-hydrogen) atoms. The Labute approximate surface area is 201 Å². The molecule has 0 aliphatic carbocycles. The topological polar surface area (TPSA) is 92.2 Å². The Kier molecular flexibility index (Phi) is 7.10. The van der Waals surface area contributed by atoms with Crippen molar-refractivity contribution in [1.29, 1.82) is 0 Å². The smallest absolute Gasteiger partial charge is 0.267 e. The van der Waals surface area contributed by atoms with Crippen LogP contribution in [0.3, 0.4) is 0 Å². The van der Waals surface area contributed by atoms with Crippen LogP contribution in [0.25, 0.3) is 0 Å². The Hall–Kier alpha value is -3.17. The largest absolute Gasteiger partial charge is 0.339 e.